The summed E-state index contributed by atoms with van der Waals surface area (Å²) in [5.74, 6) is 1.24. The van der Waals surface area contributed by atoms with Gasteiger partial charge in [0.2, 0.25) is 11.2 Å². The Balaban J connectivity index is 2.28. The molecule has 0 saturated heterocycles. The molecule has 1 aromatic heterocycles. The number of benzene rings is 2. The highest BCUT2D eigenvalue weighted by atomic mass is 16.7. The summed E-state index contributed by atoms with van der Waals surface area (Å²) in [7, 11) is 4.49. The summed E-state index contributed by atoms with van der Waals surface area (Å²) >= 11 is 0. The van der Waals surface area contributed by atoms with Gasteiger partial charge in [-0.15, -0.1) is 0 Å². The second kappa shape index (κ2) is 11.6. The van der Waals surface area contributed by atoms with E-state index in [2.05, 4.69) is 0 Å². The van der Waals surface area contributed by atoms with Gasteiger partial charge in [0.1, 0.15) is 17.7 Å². The van der Waals surface area contributed by atoms with Crippen molar-refractivity contribution < 1.29 is 37.6 Å². The van der Waals surface area contributed by atoms with Crippen molar-refractivity contribution in [1.29, 1.82) is 0 Å². The van der Waals surface area contributed by atoms with Gasteiger partial charge in [0.05, 0.1) is 5.39 Å². The molecular weight excluding hydrogens is 432 g/mol. The van der Waals surface area contributed by atoms with Gasteiger partial charge in [-0.3, -0.25) is 4.79 Å². The molecule has 1 heterocycles. The van der Waals surface area contributed by atoms with Crippen LogP contribution in [0.4, 0.5) is 0 Å². The van der Waals surface area contributed by atoms with Crippen LogP contribution < -0.4 is 24.4 Å². The molecule has 0 atom stereocenters. The third kappa shape index (κ3) is 5.57. The second-order valence-corrected chi connectivity index (χ2v) is 7.21. The van der Waals surface area contributed by atoms with Gasteiger partial charge in [-0.1, -0.05) is 5.57 Å². The molecule has 0 aliphatic heterocycles. The minimum Gasteiger partial charge on any atom is -0.489 e. The van der Waals surface area contributed by atoms with E-state index in [9.17, 15) is 4.79 Å². The highest BCUT2D eigenvalue weighted by Crippen LogP contribution is 2.40. The lowest BCUT2D eigenvalue weighted by Gasteiger charge is -2.16. The van der Waals surface area contributed by atoms with Crippen LogP contribution in [0, 0.1) is 0 Å². The van der Waals surface area contributed by atoms with Crippen LogP contribution in [0.1, 0.15) is 13.8 Å². The summed E-state index contributed by atoms with van der Waals surface area (Å²) in [4.78, 5) is 13.6. The molecule has 0 spiro atoms. The maximum atomic E-state index is 13.6. The third-order valence-corrected chi connectivity index (χ3v) is 4.55. The van der Waals surface area contributed by atoms with Crippen molar-refractivity contribution in [3.63, 3.8) is 0 Å². The van der Waals surface area contributed by atoms with Crippen LogP contribution in [0.2, 0.25) is 0 Å². The van der Waals surface area contributed by atoms with E-state index in [0.29, 0.717) is 23.9 Å². The first kappa shape index (κ1) is 24.4. The molecule has 9 heteroatoms. The van der Waals surface area contributed by atoms with Gasteiger partial charge in [-0.2, -0.15) is 0 Å². The minimum atomic E-state index is -0.304. The predicted molar refractivity (Wildman–Crippen MR) is 122 cm³/mol. The minimum absolute atomic E-state index is 0.0167. The fourth-order valence-corrected chi connectivity index (χ4v) is 3.07. The van der Waals surface area contributed by atoms with Crippen LogP contribution in [-0.4, -0.2) is 48.3 Å². The number of fused-ring (bicyclic) bond motifs is 2. The molecule has 33 heavy (non-hydrogen) atoms. The molecule has 0 bridgehead atoms. The number of ether oxygens (including phenoxy) is 7. The van der Waals surface area contributed by atoms with Gasteiger partial charge in [-0.25, -0.2) is 0 Å². The van der Waals surface area contributed by atoms with Gasteiger partial charge in [0.25, 0.3) is 0 Å². The van der Waals surface area contributed by atoms with E-state index in [-0.39, 0.29) is 53.5 Å². The Hall–Kier alpha value is -3.27. The van der Waals surface area contributed by atoms with E-state index < -0.39 is 0 Å². The molecule has 3 aromatic rings. The molecule has 0 amide bonds. The van der Waals surface area contributed by atoms with Gasteiger partial charge in [0.15, 0.2) is 43.0 Å². The quantitative estimate of drug-likeness (QED) is 0.223. The SMILES string of the molecule is COCOc1ccc2c(=O)c3c(OCC=C(C)C)ccc(OCOC)c3oc2c1OCOC. The predicted octanol–water partition coefficient (Wildman–Crippen LogP) is 4.24. The highest BCUT2D eigenvalue weighted by molar-refractivity contribution is 5.98. The summed E-state index contributed by atoms with van der Waals surface area (Å²) in [6, 6.07) is 6.56. The normalized spacial score (nSPS) is 10.9. The van der Waals surface area contributed by atoms with Crippen molar-refractivity contribution in [2.45, 2.75) is 13.8 Å². The van der Waals surface area contributed by atoms with Crippen molar-refractivity contribution in [1.82, 2.24) is 0 Å². The average molecular weight is 460 g/mol. The molecule has 0 radical (unpaired) electrons. The number of rotatable bonds is 12. The molecule has 0 aliphatic carbocycles. The van der Waals surface area contributed by atoms with E-state index in [4.69, 9.17) is 37.6 Å². The van der Waals surface area contributed by atoms with E-state index in [0.717, 1.165) is 5.57 Å². The first-order chi connectivity index (χ1) is 16.0. The summed E-state index contributed by atoms with van der Waals surface area (Å²) in [5.41, 5.74) is 1.18. The highest BCUT2D eigenvalue weighted by Gasteiger charge is 2.22. The number of hydrogen-bond acceptors (Lipinski definition) is 9. The lowest BCUT2D eigenvalue weighted by atomic mass is 10.1. The number of methoxy groups -OCH3 is 3. The number of allylic oxidation sites excluding steroid dienone is 1. The molecule has 0 saturated carbocycles. The lowest BCUT2D eigenvalue weighted by Crippen LogP contribution is -2.10. The third-order valence-electron chi connectivity index (χ3n) is 4.55. The molecular formula is C24H28O9. The first-order valence-electron chi connectivity index (χ1n) is 10.2. The van der Waals surface area contributed by atoms with E-state index in [1.54, 1.807) is 24.3 Å². The van der Waals surface area contributed by atoms with Crippen molar-refractivity contribution in [2.24, 2.45) is 0 Å². The molecule has 0 aliphatic rings. The van der Waals surface area contributed by atoms with Crippen molar-refractivity contribution in [3.8, 4) is 23.0 Å². The van der Waals surface area contributed by atoms with Crippen molar-refractivity contribution >= 4 is 21.9 Å². The lowest BCUT2D eigenvalue weighted by molar-refractivity contribution is 0.0326. The maximum Gasteiger partial charge on any atom is 0.207 e. The van der Waals surface area contributed by atoms with E-state index in [1.165, 1.54) is 21.3 Å². The summed E-state index contributed by atoms with van der Waals surface area (Å²) in [6.07, 6.45) is 1.92. The Bertz CT molecular complexity index is 1180. The van der Waals surface area contributed by atoms with Crippen molar-refractivity contribution in [2.75, 3.05) is 48.3 Å². The fraction of sp³-hybridized carbons (Fsp3) is 0.375. The van der Waals surface area contributed by atoms with E-state index in [1.807, 2.05) is 19.9 Å². The van der Waals surface area contributed by atoms with Crippen LogP contribution in [0.15, 0.2) is 45.1 Å². The number of hydrogen-bond donors (Lipinski definition) is 0. The molecule has 0 fully saturated rings. The topological polar surface area (TPSA) is 94.8 Å². The first-order valence-corrected chi connectivity index (χ1v) is 10.2. The molecule has 9 nitrogen and oxygen atoms in total. The molecule has 178 valence electrons. The average Bonchev–Trinajstić information content (AvgIpc) is 2.80. The van der Waals surface area contributed by atoms with Gasteiger partial charge in [0, 0.05) is 21.3 Å². The Morgan fingerprint density at radius 2 is 1.39 bits per heavy atom. The Labute approximate surface area is 191 Å². The van der Waals surface area contributed by atoms with Crippen LogP contribution in [0.5, 0.6) is 23.0 Å². The Morgan fingerprint density at radius 1 is 0.788 bits per heavy atom. The van der Waals surface area contributed by atoms with Gasteiger partial charge >= 0.3 is 0 Å². The smallest absolute Gasteiger partial charge is 0.207 e. The summed E-state index contributed by atoms with van der Waals surface area (Å²) < 4.78 is 44.1. The van der Waals surface area contributed by atoms with E-state index >= 15 is 0 Å². The molecule has 2 aromatic carbocycles. The largest absolute Gasteiger partial charge is 0.489 e. The molecule has 0 N–H and O–H groups in total. The second-order valence-electron chi connectivity index (χ2n) is 7.21. The standard InChI is InChI=1S/C24H28O9/c1-15(2)10-11-29-17-8-9-18(30-12-26-3)23-20(17)21(25)16-6-7-19(31-13-27-4)24(22(16)33-23)32-14-28-5/h6-10H,11-14H2,1-5H3. The van der Waals surface area contributed by atoms with Crippen molar-refractivity contribution in [3.05, 3.63) is 46.1 Å². The monoisotopic (exact) mass is 460 g/mol. The zero-order chi connectivity index (χ0) is 23.8. The van der Waals surface area contributed by atoms with Gasteiger partial charge in [-0.05, 0) is 44.2 Å². The zero-order valence-electron chi connectivity index (χ0n) is 19.4. The van der Waals surface area contributed by atoms with Crippen LogP contribution in [-0.2, 0) is 14.2 Å². The fourth-order valence-electron chi connectivity index (χ4n) is 3.07. The summed E-state index contributed by atoms with van der Waals surface area (Å²) in [6.45, 7) is 4.12. The molecule has 0 unspecified atom stereocenters. The molecule has 3 rings (SSSR count). The Kier molecular flexibility index (Phi) is 8.53. The zero-order valence-corrected chi connectivity index (χ0v) is 19.4. The Morgan fingerprint density at radius 3 is 2.06 bits per heavy atom. The van der Waals surface area contributed by atoms with Gasteiger partial charge < -0.3 is 37.6 Å². The maximum absolute atomic E-state index is 13.6. The van der Waals surface area contributed by atoms with Crippen LogP contribution in [0.25, 0.3) is 21.9 Å². The summed E-state index contributed by atoms with van der Waals surface area (Å²) in [5, 5.41) is 0.538. The van der Waals surface area contributed by atoms with Crippen LogP contribution >= 0.6 is 0 Å². The van der Waals surface area contributed by atoms with Crippen LogP contribution in [0.3, 0.4) is 0 Å².